The summed E-state index contributed by atoms with van der Waals surface area (Å²) in [4.78, 5) is 12.2. The van der Waals surface area contributed by atoms with Gasteiger partial charge in [0.1, 0.15) is 13.2 Å². The highest BCUT2D eigenvalue weighted by molar-refractivity contribution is 5.94. The number of nitrogens with zero attached hydrogens (tertiary/aromatic N) is 1. The predicted molar refractivity (Wildman–Crippen MR) is 79.8 cm³/mol. The second-order valence-electron chi connectivity index (χ2n) is 4.85. The molecule has 1 heterocycles. The van der Waals surface area contributed by atoms with Crippen LogP contribution in [-0.4, -0.2) is 19.1 Å². The highest BCUT2D eigenvalue weighted by atomic mass is 16.6. The zero-order valence-corrected chi connectivity index (χ0v) is 11.8. The SMILES string of the molecule is N#Cc1cccc(CNC(=O)c2ccc3c(c2)OCCO3)c1. The van der Waals surface area contributed by atoms with Gasteiger partial charge in [0.2, 0.25) is 0 Å². The first kappa shape index (κ1) is 14.0. The van der Waals surface area contributed by atoms with Gasteiger partial charge >= 0.3 is 0 Å². The van der Waals surface area contributed by atoms with Gasteiger partial charge in [0.25, 0.3) is 5.91 Å². The first-order chi connectivity index (χ1) is 10.8. The normalized spacial score (nSPS) is 12.3. The number of hydrogen-bond acceptors (Lipinski definition) is 4. The van der Waals surface area contributed by atoms with Gasteiger partial charge in [-0.05, 0) is 35.9 Å². The van der Waals surface area contributed by atoms with Gasteiger partial charge in [-0.1, -0.05) is 12.1 Å². The lowest BCUT2D eigenvalue weighted by atomic mass is 10.1. The largest absolute Gasteiger partial charge is 0.486 e. The summed E-state index contributed by atoms with van der Waals surface area (Å²) in [5.74, 6) is 1.05. The van der Waals surface area contributed by atoms with Crippen molar-refractivity contribution in [2.45, 2.75) is 6.54 Å². The molecule has 0 saturated heterocycles. The summed E-state index contributed by atoms with van der Waals surface area (Å²) in [5, 5.41) is 11.7. The molecule has 3 rings (SSSR count). The van der Waals surface area contributed by atoms with Crippen LogP contribution in [0.5, 0.6) is 11.5 Å². The van der Waals surface area contributed by atoms with Crippen LogP contribution in [0, 0.1) is 11.3 Å². The molecule has 2 aromatic rings. The van der Waals surface area contributed by atoms with Crippen LogP contribution in [0.15, 0.2) is 42.5 Å². The van der Waals surface area contributed by atoms with Crippen LogP contribution in [0.2, 0.25) is 0 Å². The topological polar surface area (TPSA) is 71.4 Å². The third kappa shape index (κ3) is 3.01. The van der Waals surface area contributed by atoms with Crippen molar-refractivity contribution in [2.24, 2.45) is 0 Å². The fourth-order valence-corrected chi connectivity index (χ4v) is 2.22. The van der Waals surface area contributed by atoms with Crippen molar-refractivity contribution >= 4 is 5.91 Å². The molecule has 0 aromatic heterocycles. The number of nitriles is 1. The van der Waals surface area contributed by atoms with E-state index >= 15 is 0 Å². The summed E-state index contributed by atoms with van der Waals surface area (Å²) in [6.07, 6.45) is 0. The van der Waals surface area contributed by atoms with Gasteiger partial charge in [0, 0.05) is 12.1 Å². The number of hydrogen-bond donors (Lipinski definition) is 1. The van der Waals surface area contributed by atoms with Crippen molar-refractivity contribution < 1.29 is 14.3 Å². The Hall–Kier alpha value is -3.00. The van der Waals surface area contributed by atoms with Crippen molar-refractivity contribution in [2.75, 3.05) is 13.2 Å². The zero-order chi connectivity index (χ0) is 15.4. The number of fused-ring (bicyclic) bond motifs is 1. The molecule has 0 saturated carbocycles. The Kier molecular flexibility index (Phi) is 3.92. The van der Waals surface area contributed by atoms with E-state index in [2.05, 4.69) is 11.4 Å². The van der Waals surface area contributed by atoms with Gasteiger partial charge in [-0.25, -0.2) is 0 Å². The van der Waals surface area contributed by atoms with Crippen molar-refractivity contribution in [3.63, 3.8) is 0 Å². The summed E-state index contributed by atoms with van der Waals surface area (Å²) in [6, 6.07) is 14.3. The van der Waals surface area contributed by atoms with Crippen LogP contribution in [0.1, 0.15) is 21.5 Å². The molecule has 0 fully saturated rings. The fraction of sp³-hybridized carbons (Fsp3) is 0.176. The minimum Gasteiger partial charge on any atom is -0.486 e. The monoisotopic (exact) mass is 294 g/mol. The third-order valence-electron chi connectivity index (χ3n) is 3.31. The van der Waals surface area contributed by atoms with E-state index in [0.717, 1.165) is 5.56 Å². The van der Waals surface area contributed by atoms with Crippen molar-refractivity contribution in [1.29, 1.82) is 5.26 Å². The summed E-state index contributed by atoms with van der Waals surface area (Å²) >= 11 is 0. The van der Waals surface area contributed by atoms with Crippen LogP contribution < -0.4 is 14.8 Å². The molecular formula is C17H14N2O3. The Morgan fingerprint density at radius 3 is 2.77 bits per heavy atom. The maximum atomic E-state index is 12.2. The number of nitrogens with one attached hydrogen (secondary N) is 1. The molecule has 1 aliphatic rings. The Morgan fingerprint density at radius 1 is 1.14 bits per heavy atom. The van der Waals surface area contributed by atoms with Crippen LogP contribution in [0.4, 0.5) is 0 Å². The quantitative estimate of drug-likeness (QED) is 0.942. The summed E-state index contributed by atoms with van der Waals surface area (Å²) in [6.45, 7) is 1.37. The zero-order valence-electron chi connectivity index (χ0n) is 11.8. The van der Waals surface area contributed by atoms with Crippen LogP contribution in [0.3, 0.4) is 0 Å². The van der Waals surface area contributed by atoms with Gasteiger partial charge in [-0.2, -0.15) is 5.26 Å². The molecule has 5 heteroatoms. The number of amides is 1. The molecule has 2 aromatic carbocycles. The number of carbonyl (C=O) groups is 1. The van der Waals surface area contributed by atoms with Gasteiger partial charge in [-0.3, -0.25) is 4.79 Å². The Bertz CT molecular complexity index is 750. The summed E-state index contributed by atoms with van der Waals surface area (Å²) in [5.41, 5.74) is 1.97. The average Bonchev–Trinajstić information content (AvgIpc) is 2.59. The van der Waals surface area contributed by atoms with E-state index < -0.39 is 0 Å². The number of rotatable bonds is 3. The molecule has 22 heavy (non-hydrogen) atoms. The molecular weight excluding hydrogens is 280 g/mol. The second kappa shape index (κ2) is 6.19. The molecule has 0 bridgehead atoms. The Morgan fingerprint density at radius 2 is 1.95 bits per heavy atom. The van der Waals surface area contributed by atoms with Crippen molar-refractivity contribution in [3.8, 4) is 17.6 Å². The lowest BCUT2D eigenvalue weighted by Crippen LogP contribution is -2.23. The molecule has 0 radical (unpaired) electrons. The molecule has 110 valence electrons. The Labute approximate surface area is 128 Å². The first-order valence-corrected chi connectivity index (χ1v) is 6.93. The van der Waals surface area contributed by atoms with Crippen LogP contribution in [-0.2, 0) is 6.54 Å². The second-order valence-corrected chi connectivity index (χ2v) is 4.85. The number of carbonyl (C=O) groups excluding carboxylic acids is 1. The third-order valence-corrected chi connectivity index (χ3v) is 3.31. The molecule has 1 aliphatic heterocycles. The van der Waals surface area contributed by atoms with E-state index in [1.54, 1.807) is 36.4 Å². The lowest BCUT2D eigenvalue weighted by Gasteiger charge is -2.18. The standard InChI is InChI=1S/C17H14N2O3/c18-10-12-2-1-3-13(8-12)11-19-17(20)14-4-5-15-16(9-14)22-7-6-21-15/h1-5,8-9H,6-7,11H2,(H,19,20). The predicted octanol–water partition coefficient (Wildman–Crippen LogP) is 2.26. The highest BCUT2D eigenvalue weighted by Gasteiger charge is 2.14. The molecule has 0 spiro atoms. The van der Waals surface area contributed by atoms with E-state index in [1.807, 2.05) is 6.07 Å². The van der Waals surface area contributed by atoms with E-state index in [-0.39, 0.29) is 5.91 Å². The summed E-state index contributed by atoms with van der Waals surface area (Å²) in [7, 11) is 0. The van der Waals surface area contributed by atoms with E-state index in [9.17, 15) is 4.79 Å². The average molecular weight is 294 g/mol. The lowest BCUT2D eigenvalue weighted by molar-refractivity contribution is 0.0949. The molecule has 0 aliphatic carbocycles. The van der Waals surface area contributed by atoms with E-state index in [1.165, 1.54) is 0 Å². The van der Waals surface area contributed by atoms with Crippen LogP contribution >= 0.6 is 0 Å². The van der Waals surface area contributed by atoms with Crippen LogP contribution in [0.25, 0.3) is 0 Å². The fourth-order valence-electron chi connectivity index (χ4n) is 2.22. The molecule has 0 unspecified atom stereocenters. The van der Waals surface area contributed by atoms with Gasteiger partial charge in [-0.15, -0.1) is 0 Å². The molecule has 0 atom stereocenters. The smallest absolute Gasteiger partial charge is 0.251 e. The van der Waals surface area contributed by atoms with Gasteiger partial charge in [0.15, 0.2) is 11.5 Å². The number of benzene rings is 2. The maximum absolute atomic E-state index is 12.2. The van der Waals surface area contributed by atoms with E-state index in [0.29, 0.717) is 42.4 Å². The molecule has 5 nitrogen and oxygen atoms in total. The molecule has 1 amide bonds. The first-order valence-electron chi connectivity index (χ1n) is 6.93. The maximum Gasteiger partial charge on any atom is 0.251 e. The number of ether oxygens (including phenoxy) is 2. The van der Waals surface area contributed by atoms with E-state index in [4.69, 9.17) is 14.7 Å². The Balaban J connectivity index is 1.68. The van der Waals surface area contributed by atoms with Gasteiger partial charge in [0.05, 0.1) is 11.6 Å². The van der Waals surface area contributed by atoms with Crippen molar-refractivity contribution in [1.82, 2.24) is 5.32 Å². The van der Waals surface area contributed by atoms with Crippen molar-refractivity contribution in [3.05, 3.63) is 59.2 Å². The summed E-state index contributed by atoms with van der Waals surface area (Å²) < 4.78 is 10.9. The minimum absolute atomic E-state index is 0.195. The molecule has 1 N–H and O–H groups in total. The van der Waals surface area contributed by atoms with Gasteiger partial charge < -0.3 is 14.8 Å². The highest BCUT2D eigenvalue weighted by Crippen LogP contribution is 2.30. The minimum atomic E-state index is -0.195.